The van der Waals surface area contributed by atoms with Crippen molar-refractivity contribution in [3.05, 3.63) is 29.8 Å². The normalized spacial score (nSPS) is 10.8. The van der Waals surface area contributed by atoms with Crippen LogP contribution in [0.4, 0.5) is 5.69 Å². The Morgan fingerprint density at radius 2 is 1.95 bits per heavy atom. The minimum Gasteiger partial charge on any atom is -0.378 e. The van der Waals surface area contributed by atoms with E-state index in [1.807, 2.05) is 7.05 Å². The van der Waals surface area contributed by atoms with Gasteiger partial charge in [-0.2, -0.15) is 0 Å². The van der Waals surface area contributed by atoms with Crippen molar-refractivity contribution in [2.24, 2.45) is 4.99 Å². The Morgan fingerprint density at radius 1 is 1.19 bits per heavy atom. The Bertz CT molecular complexity index is 418. The summed E-state index contributed by atoms with van der Waals surface area (Å²) in [7, 11) is 5.92. The molecule has 1 aromatic rings. The zero-order valence-electron chi connectivity index (χ0n) is 13.6. The van der Waals surface area contributed by atoms with Gasteiger partial charge in [-0.05, 0) is 24.1 Å². The second kappa shape index (κ2) is 11.7. The smallest absolute Gasteiger partial charge is 0.191 e. The largest absolute Gasteiger partial charge is 0.378 e. The maximum absolute atomic E-state index is 4.24. The highest BCUT2D eigenvalue weighted by Gasteiger charge is 2.00. The third-order valence-electron chi connectivity index (χ3n) is 3.18. The van der Waals surface area contributed by atoms with Gasteiger partial charge >= 0.3 is 0 Å². The fourth-order valence-electron chi connectivity index (χ4n) is 1.93. The summed E-state index contributed by atoms with van der Waals surface area (Å²) in [5.74, 6) is 0.872. The molecule has 0 bridgehead atoms. The van der Waals surface area contributed by atoms with Crippen molar-refractivity contribution in [1.82, 2.24) is 10.6 Å². The van der Waals surface area contributed by atoms with Crippen LogP contribution in [0.5, 0.6) is 0 Å². The minimum atomic E-state index is 0. The van der Waals surface area contributed by atoms with Gasteiger partial charge < -0.3 is 15.5 Å². The van der Waals surface area contributed by atoms with Gasteiger partial charge in [0.25, 0.3) is 0 Å². The second-order valence-corrected chi connectivity index (χ2v) is 5.12. The zero-order chi connectivity index (χ0) is 14.8. The van der Waals surface area contributed by atoms with Gasteiger partial charge in [0.05, 0.1) is 0 Å². The highest BCUT2D eigenvalue weighted by molar-refractivity contribution is 14.0. The lowest BCUT2D eigenvalue weighted by Gasteiger charge is -2.15. The number of rotatable bonds is 7. The molecule has 0 saturated heterocycles. The summed E-state index contributed by atoms with van der Waals surface area (Å²) in [5.41, 5.74) is 2.47. The molecule has 0 aliphatic carbocycles. The molecule has 0 aliphatic heterocycles. The van der Waals surface area contributed by atoms with Crippen LogP contribution in [0.3, 0.4) is 0 Å². The summed E-state index contributed by atoms with van der Waals surface area (Å²) in [5, 5.41) is 6.69. The zero-order valence-corrected chi connectivity index (χ0v) is 16.0. The van der Waals surface area contributed by atoms with Crippen molar-refractivity contribution in [2.75, 3.05) is 32.6 Å². The molecule has 0 spiro atoms. The molecule has 2 N–H and O–H groups in total. The fourth-order valence-corrected chi connectivity index (χ4v) is 1.93. The van der Waals surface area contributed by atoms with Crippen LogP contribution in [-0.4, -0.2) is 33.6 Å². The van der Waals surface area contributed by atoms with Gasteiger partial charge in [0, 0.05) is 39.9 Å². The van der Waals surface area contributed by atoms with Gasteiger partial charge in [0.15, 0.2) is 5.96 Å². The van der Waals surface area contributed by atoms with Crippen LogP contribution in [0.1, 0.15) is 31.7 Å². The van der Waals surface area contributed by atoms with Crippen molar-refractivity contribution < 1.29 is 0 Å². The van der Waals surface area contributed by atoms with E-state index in [1.54, 1.807) is 0 Å². The first-order valence-corrected chi connectivity index (χ1v) is 7.38. The number of halogens is 1. The molecule has 0 amide bonds. The second-order valence-electron chi connectivity index (χ2n) is 5.12. The van der Waals surface area contributed by atoms with E-state index in [4.69, 9.17) is 0 Å². The molecular formula is C16H29IN4. The molecule has 21 heavy (non-hydrogen) atoms. The Morgan fingerprint density at radius 3 is 2.57 bits per heavy atom. The summed E-state index contributed by atoms with van der Waals surface area (Å²) >= 11 is 0. The van der Waals surface area contributed by atoms with Crippen molar-refractivity contribution in [2.45, 2.75) is 32.7 Å². The molecule has 0 fully saturated rings. The molecule has 0 heterocycles. The summed E-state index contributed by atoms with van der Waals surface area (Å²) in [6.07, 6.45) is 3.69. The molecule has 1 rings (SSSR count). The average Bonchev–Trinajstić information content (AvgIpc) is 2.47. The van der Waals surface area contributed by atoms with Crippen molar-refractivity contribution in [1.29, 1.82) is 0 Å². The predicted molar refractivity (Wildman–Crippen MR) is 104 cm³/mol. The molecule has 0 saturated carbocycles. The Kier molecular flexibility index (Phi) is 11.1. The van der Waals surface area contributed by atoms with Gasteiger partial charge in [-0.1, -0.05) is 31.9 Å². The Labute approximate surface area is 146 Å². The van der Waals surface area contributed by atoms with Crippen LogP contribution in [0.2, 0.25) is 0 Å². The quantitative estimate of drug-likeness (QED) is 0.317. The molecule has 0 atom stereocenters. The van der Waals surface area contributed by atoms with Crippen LogP contribution >= 0.6 is 24.0 Å². The van der Waals surface area contributed by atoms with Crippen LogP contribution in [0.15, 0.2) is 29.3 Å². The van der Waals surface area contributed by atoms with Crippen LogP contribution in [0.25, 0.3) is 0 Å². The maximum Gasteiger partial charge on any atom is 0.191 e. The standard InChI is InChI=1S/C16H28N4.HI/c1-5-6-7-11-18-16(17-2)19-13-14-9-8-10-15(12-14)20(3)4;/h8-10,12H,5-7,11,13H2,1-4H3,(H2,17,18,19);1H. The van der Waals surface area contributed by atoms with Gasteiger partial charge in [-0.15, -0.1) is 24.0 Å². The van der Waals surface area contributed by atoms with Crippen molar-refractivity contribution >= 4 is 35.6 Å². The highest BCUT2D eigenvalue weighted by Crippen LogP contribution is 2.12. The summed E-state index contributed by atoms with van der Waals surface area (Å²) in [6, 6.07) is 8.52. The third kappa shape index (κ3) is 8.14. The first kappa shape index (κ1) is 20.0. The van der Waals surface area contributed by atoms with E-state index in [0.29, 0.717) is 0 Å². The lowest BCUT2D eigenvalue weighted by atomic mass is 10.2. The van der Waals surface area contributed by atoms with E-state index in [2.05, 4.69) is 65.8 Å². The van der Waals surface area contributed by atoms with E-state index in [1.165, 1.54) is 30.5 Å². The Hall–Kier alpha value is -0.980. The predicted octanol–water partition coefficient (Wildman–Crippen LogP) is 3.23. The average molecular weight is 404 g/mol. The molecule has 5 heteroatoms. The summed E-state index contributed by atoms with van der Waals surface area (Å²) in [4.78, 5) is 6.35. The molecule has 0 unspecified atom stereocenters. The first-order chi connectivity index (χ1) is 9.67. The van der Waals surface area contributed by atoms with Crippen LogP contribution in [0, 0.1) is 0 Å². The number of aliphatic imine (C=N–C) groups is 1. The number of anilines is 1. The molecule has 0 radical (unpaired) electrons. The molecule has 0 aromatic heterocycles. The van der Waals surface area contributed by atoms with Crippen LogP contribution < -0.4 is 15.5 Å². The number of nitrogens with zero attached hydrogens (tertiary/aromatic N) is 2. The van der Waals surface area contributed by atoms with E-state index in [9.17, 15) is 0 Å². The lowest BCUT2D eigenvalue weighted by molar-refractivity contribution is 0.683. The number of benzene rings is 1. The highest BCUT2D eigenvalue weighted by atomic mass is 127. The van der Waals surface area contributed by atoms with Crippen molar-refractivity contribution in [3.8, 4) is 0 Å². The lowest BCUT2D eigenvalue weighted by Crippen LogP contribution is -2.37. The maximum atomic E-state index is 4.24. The number of hydrogen-bond acceptors (Lipinski definition) is 2. The number of unbranched alkanes of at least 4 members (excludes halogenated alkanes) is 2. The van der Waals surface area contributed by atoms with Gasteiger partial charge in [-0.3, -0.25) is 4.99 Å². The Balaban J connectivity index is 0.00000400. The van der Waals surface area contributed by atoms with E-state index in [0.717, 1.165) is 19.0 Å². The van der Waals surface area contributed by atoms with Crippen LogP contribution in [-0.2, 0) is 6.54 Å². The van der Waals surface area contributed by atoms with Gasteiger partial charge in [0.1, 0.15) is 0 Å². The summed E-state index contributed by atoms with van der Waals surface area (Å²) < 4.78 is 0. The fraction of sp³-hybridized carbons (Fsp3) is 0.562. The SMILES string of the molecule is CCCCCNC(=NC)NCc1cccc(N(C)C)c1.I. The molecular weight excluding hydrogens is 375 g/mol. The monoisotopic (exact) mass is 404 g/mol. The topological polar surface area (TPSA) is 39.7 Å². The minimum absolute atomic E-state index is 0. The third-order valence-corrected chi connectivity index (χ3v) is 3.18. The number of nitrogens with one attached hydrogen (secondary N) is 2. The van der Waals surface area contributed by atoms with Crippen molar-refractivity contribution in [3.63, 3.8) is 0 Å². The molecule has 120 valence electrons. The molecule has 0 aliphatic rings. The number of hydrogen-bond donors (Lipinski definition) is 2. The molecule has 1 aromatic carbocycles. The first-order valence-electron chi connectivity index (χ1n) is 7.38. The number of guanidine groups is 1. The van der Waals surface area contributed by atoms with E-state index < -0.39 is 0 Å². The van der Waals surface area contributed by atoms with Gasteiger partial charge in [0.2, 0.25) is 0 Å². The summed E-state index contributed by atoms with van der Waals surface area (Å²) in [6.45, 7) is 3.98. The van der Waals surface area contributed by atoms with E-state index >= 15 is 0 Å². The van der Waals surface area contributed by atoms with Gasteiger partial charge in [-0.25, -0.2) is 0 Å². The molecule has 4 nitrogen and oxygen atoms in total. The van der Waals surface area contributed by atoms with E-state index in [-0.39, 0.29) is 24.0 Å².